The lowest BCUT2D eigenvalue weighted by Gasteiger charge is -2.15. The summed E-state index contributed by atoms with van der Waals surface area (Å²) in [4.78, 5) is 10.3. The van der Waals surface area contributed by atoms with E-state index in [-0.39, 0.29) is 11.7 Å². The topological polar surface area (TPSA) is 55.2 Å². The fourth-order valence-corrected chi connectivity index (χ4v) is 2.87. The number of halogens is 2. The molecular formula is C15H14Br2N2O2. The van der Waals surface area contributed by atoms with Gasteiger partial charge in [-0.2, -0.15) is 0 Å². The van der Waals surface area contributed by atoms with Gasteiger partial charge in [-0.3, -0.25) is 10.1 Å². The van der Waals surface area contributed by atoms with Gasteiger partial charge in [-0.15, -0.1) is 0 Å². The molecule has 6 heteroatoms. The summed E-state index contributed by atoms with van der Waals surface area (Å²) in [5.74, 6) is 0. The van der Waals surface area contributed by atoms with Crippen LogP contribution in [0.15, 0.2) is 51.4 Å². The van der Waals surface area contributed by atoms with Gasteiger partial charge in [0.15, 0.2) is 0 Å². The maximum absolute atomic E-state index is 10.7. The van der Waals surface area contributed by atoms with Gasteiger partial charge in [-0.05, 0) is 36.2 Å². The van der Waals surface area contributed by atoms with Gasteiger partial charge in [0.1, 0.15) is 0 Å². The van der Waals surface area contributed by atoms with Crippen molar-refractivity contribution in [3.8, 4) is 0 Å². The van der Waals surface area contributed by atoms with Crippen LogP contribution in [0.5, 0.6) is 0 Å². The highest BCUT2D eigenvalue weighted by molar-refractivity contribution is 9.10. The minimum atomic E-state index is -0.397. The molecule has 0 fully saturated rings. The van der Waals surface area contributed by atoms with Gasteiger partial charge in [0.25, 0.3) is 5.69 Å². The standard InChI is InChI=1S/C15H14Br2N2O2/c1-10(11-3-2-4-13(16)7-11)18-9-12-5-6-14(19(20)21)8-15(12)17/h2-8,10,18H,9H2,1H3. The highest BCUT2D eigenvalue weighted by Crippen LogP contribution is 2.24. The molecule has 0 heterocycles. The number of hydrogen-bond donors (Lipinski definition) is 1. The van der Waals surface area contributed by atoms with E-state index in [9.17, 15) is 10.1 Å². The molecule has 1 atom stereocenters. The smallest absolute Gasteiger partial charge is 0.270 e. The fourth-order valence-electron chi connectivity index (χ4n) is 1.95. The fraction of sp³-hybridized carbons (Fsp3) is 0.200. The van der Waals surface area contributed by atoms with Crippen molar-refractivity contribution in [2.75, 3.05) is 0 Å². The summed E-state index contributed by atoms with van der Waals surface area (Å²) < 4.78 is 1.79. The Hall–Kier alpha value is -1.24. The van der Waals surface area contributed by atoms with E-state index in [4.69, 9.17) is 0 Å². The minimum absolute atomic E-state index is 0.0886. The molecule has 0 bridgehead atoms. The lowest BCUT2D eigenvalue weighted by Crippen LogP contribution is -2.18. The molecule has 4 nitrogen and oxygen atoms in total. The second-order valence-electron chi connectivity index (χ2n) is 4.69. The highest BCUT2D eigenvalue weighted by Gasteiger charge is 2.10. The predicted octanol–water partition coefficient (Wildman–Crippen LogP) is 4.97. The Balaban J connectivity index is 2.04. The van der Waals surface area contributed by atoms with E-state index in [0.29, 0.717) is 6.54 Å². The Morgan fingerprint density at radius 1 is 1.24 bits per heavy atom. The maximum atomic E-state index is 10.7. The van der Waals surface area contributed by atoms with Crippen LogP contribution in [0.3, 0.4) is 0 Å². The van der Waals surface area contributed by atoms with Crippen molar-refractivity contribution >= 4 is 37.5 Å². The van der Waals surface area contributed by atoms with Gasteiger partial charge in [-0.25, -0.2) is 0 Å². The van der Waals surface area contributed by atoms with Crippen molar-refractivity contribution in [3.05, 3.63) is 72.7 Å². The molecule has 1 unspecified atom stereocenters. The average Bonchev–Trinajstić information content (AvgIpc) is 2.45. The van der Waals surface area contributed by atoms with Gasteiger partial charge < -0.3 is 5.32 Å². The summed E-state index contributed by atoms with van der Waals surface area (Å²) >= 11 is 6.84. The third-order valence-electron chi connectivity index (χ3n) is 3.19. The molecule has 21 heavy (non-hydrogen) atoms. The molecule has 0 aliphatic heterocycles. The molecule has 1 N–H and O–H groups in total. The number of nitrogens with one attached hydrogen (secondary N) is 1. The quantitative estimate of drug-likeness (QED) is 0.556. The van der Waals surface area contributed by atoms with Crippen molar-refractivity contribution < 1.29 is 4.92 Å². The van der Waals surface area contributed by atoms with Crippen LogP contribution in [0.4, 0.5) is 5.69 Å². The zero-order chi connectivity index (χ0) is 15.4. The SMILES string of the molecule is CC(NCc1ccc([N+](=O)[O-])cc1Br)c1cccc(Br)c1. The number of hydrogen-bond acceptors (Lipinski definition) is 3. The Kier molecular flexibility index (Phi) is 5.50. The largest absolute Gasteiger partial charge is 0.306 e. The third kappa shape index (κ3) is 4.36. The third-order valence-corrected chi connectivity index (χ3v) is 4.43. The highest BCUT2D eigenvalue weighted by atomic mass is 79.9. The second-order valence-corrected chi connectivity index (χ2v) is 6.46. The first kappa shape index (κ1) is 16.1. The van der Waals surface area contributed by atoms with E-state index in [0.717, 1.165) is 14.5 Å². The van der Waals surface area contributed by atoms with E-state index < -0.39 is 4.92 Å². The first-order valence-electron chi connectivity index (χ1n) is 6.39. The molecule has 110 valence electrons. The zero-order valence-electron chi connectivity index (χ0n) is 11.3. The Bertz CT molecular complexity index is 662. The molecule has 0 radical (unpaired) electrons. The number of nitro groups is 1. The Morgan fingerprint density at radius 2 is 2.00 bits per heavy atom. The molecule has 0 amide bonds. The first-order valence-corrected chi connectivity index (χ1v) is 7.97. The number of nitro benzene ring substituents is 1. The summed E-state index contributed by atoms with van der Waals surface area (Å²) in [5.41, 5.74) is 2.26. The lowest BCUT2D eigenvalue weighted by atomic mass is 10.1. The summed E-state index contributed by atoms with van der Waals surface area (Å²) in [7, 11) is 0. The minimum Gasteiger partial charge on any atom is -0.306 e. The van der Waals surface area contributed by atoms with E-state index in [1.807, 2.05) is 12.1 Å². The molecule has 0 spiro atoms. The number of non-ortho nitro benzene ring substituents is 1. The van der Waals surface area contributed by atoms with Crippen LogP contribution in [-0.4, -0.2) is 4.92 Å². The van der Waals surface area contributed by atoms with Crippen LogP contribution in [0.1, 0.15) is 24.1 Å². The number of rotatable bonds is 5. The zero-order valence-corrected chi connectivity index (χ0v) is 14.5. The number of nitrogens with zero attached hydrogens (tertiary/aromatic N) is 1. The van der Waals surface area contributed by atoms with Crippen molar-refractivity contribution in [2.24, 2.45) is 0 Å². The molecule has 0 aliphatic rings. The molecule has 2 rings (SSSR count). The van der Waals surface area contributed by atoms with Crippen LogP contribution < -0.4 is 5.32 Å². The van der Waals surface area contributed by atoms with Gasteiger partial charge >= 0.3 is 0 Å². The Morgan fingerprint density at radius 3 is 2.62 bits per heavy atom. The van der Waals surface area contributed by atoms with Gasteiger partial charge in [0, 0.05) is 33.7 Å². The molecular weight excluding hydrogens is 400 g/mol. The van der Waals surface area contributed by atoms with Crippen LogP contribution in [-0.2, 0) is 6.54 Å². The van der Waals surface area contributed by atoms with Gasteiger partial charge in [-0.1, -0.05) is 44.0 Å². The van der Waals surface area contributed by atoms with Crippen molar-refractivity contribution in [1.29, 1.82) is 0 Å². The molecule has 0 aromatic heterocycles. The molecule has 0 saturated carbocycles. The summed E-state index contributed by atoms with van der Waals surface area (Å²) in [6, 6.07) is 13.1. The average molecular weight is 414 g/mol. The molecule has 0 aliphatic carbocycles. The van der Waals surface area contributed by atoms with E-state index in [1.54, 1.807) is 6.07 Å². The number of benzene rings is 2. The van der Waals surface area contributed by atoms with Crippen LogP contribution in [0.2, 0.25) is 0 Å². The molecule has 2 aromatic carbocycles. The Labute approximate surface area is 140 Å². The van der Waals surface area contributed by atoms with Crippen molar-refractivity contribution in [2.45, 2.75) is 19.5 Å². The van der Waals surface area contributed by atoms with Crippen LogP contribution >= 0.6 is 31.9 Å². The van der Waals surface area contributed by atoms with Gasteiger partial charge in [0.05, 0.1) is 4.92 Å². The molecule has 0 saturated heterocycles. The lowest BCUT2D eigenvalue weighted by molar-refractivity contribution is -0.384. The summed E-state index contributed by atoms with van der Waals surface area (Å²) in [6.07, 6.45) is 0. The van der Waals surface area contributed by atoms with Crippen LogP contribution in [0.25, 0.3) is 0 Å². The van der Waals surface area contributed by atoms with E-state index >= 15 is 0 Å². The van der Waals surface area contributed by atoms with Crippen molar-refractivity contribution in [1.82, 2.24) is 5.32 Å². The van der Waals surface area contributed by atoms with E-state index in [2.05, 4.69) is 56.2 Å². The molecule has 2 aromatic rings. The second kappa shape index (κ2) is 7.15. The van der Waals surface area contributed by atoms with E-state index in [1.165, 1.54) is 17.7 Å². The summed E-state index contributed by atoms with van der Waals surface area (Å²) in [5, 5.41) is 14.1. The normalized spacial score (nSPS) is 12.1. The summed E-state index contributed by atoms with van der Waals surface area (Å²) in [6.45, 7) is 2.72. The van der Waals surface area contributed by atoms with Crippen LogP contribution in [0, 0.1) is 10.1 Å². The van der Waals surface area contributed by atoms with Crippen molar-refractivity contribution in [3.63, 3.8) is 0 Å². The maximum Gasteiger partial charge on any atom is 0.270 e. The predicted molar refractivity (Wildman–Crippen MR) is 90.2 cm³/mol. The monoisotopic (exact) mass is 412 g/mol. The first-order chi connectivity index (χ1) is 9.97. The van der Waals surface area contributed by atoms with Gasteiger partial charge in [0.2, 0.25) is 0 Å².